The van der Waals surface area contributed by atoms with Gasteiger partial charge in [-0.25, -0.2) is 8.42 Å². The second kappa shape index (κ2) is 9.30. The summed E-state index contributed by atoms with van der Waals surface area (Å²) in [7, 11) is -3.72. The van der Waals surface area contributed by atoms with Crippen molar-refractivity contribution < 1.29 is 18.0 Å². The molecule has 0 atom stereocenters. The maximum atomic E-state index is 12.8. The number of aryl methyl sites for hydroxylation is 1. The molecule has 170 valence electrons. The van der Waals surface area contributed by atoms with Crippen LogP contribution >= 0.6 is 0 Å². The Morgan fingerprint density at radius 2 is 1.69 bits per heavy atom. The lowest BCUT2D eigenvalue weighted by atomic mass is 10.2. The molecule has 2 heterocycles. The number of nitrogens with zero attached hydrogens (tertiary/aromatic N) is 3. The van der Waals surface area contributed by atoms with Gasteiger partial charge in [-0.1, -0.05) is 18.2 Å². The van der Waals surface area contributed by atoms with Gasteiger partial charge in [-0.2, -0.15) is 4.31 Å². The van der Waals surface area contributed by atoms with Crippen LogP contribution in [0.4, 0.5) is 17.1 Å². The molecular formula is C23H28N4O4S. The van der Waals surface area contributed by atoms with Gasteiger partial charge in [0.1, 0.15) is 5.75 Å². The van der Waals surface area contributed by atoms with Gasteiger partial charge < -0.3 is 15.1 Å². The van der Waals surface area contributed by atoms with Crippen molar-refractivity contribution in [2.75, 3.05) is 53.6 Å². The van der Waals surface area contributed by atoms with E-state index in [0.717, 1.165) is 17.7 Å². The number of hydrogen-bond acceptors (Lipinski definition) is 5. The maximum Gasteiger partial charge on any atom is 0.241 e. The third-order valence-corrected chi connectivity index (χ3v) is 7.61. The van der Waals surface area contributed by atoms with Gasteiger partial charge in [-0.15, -0.1) is 0 Å². The lowest BCUT2D eigenvalue weighted by Crippen LogP contribution is -2.50. The molecule has 2 fully saturated rings. The zero-order valence-electron chi connectivity index (χ0n) is 18.2. The zero-order valence-corrected chi connectivity index (χ0v) is 19.0. The zero-order chi connectivity index (χ0) is 22.7. The van der Waals surface area contributed by atoms with Crippen LogP contribution in [0.1, 0.15) is 18.4 Å². The summed E-state index contributed by atoms with van der Waals surface area (Å²) in [5.74, 6) is -1.14. The van der Waals surface area contributed by atoms with Crippen molar-refractivity contribution >= 4 is 38.9 Å². The Morgan fingerprint density at radius 1 is 0.969 bits per heavy atom. The molecule has 0 spiro atoms. The molecule has 4 rings (SSSR count). The number of sulfonamides is 1. The monoisotopic (exact) mass is 456 g/mol. The van der Waals surface area contributed by atoms with E-state index in [1.165, 1.54) is 4.31 Å². The predicted molar refractivity (Wildman–Crippen MR) is 125 cm³/mol. The summed E-state index contributed by atoms with van der Waals surface area (Å²) in [5, 5.41) is 2.66. The molecule has 0 aromatic heterocycles. The molecule has 2 saturated heterocycles. The Labute approximate surface area is 188 Å². The molecule has 0 unspecified atom stereocenters. The fourth-order valence-corrected chi connectivity index (χ4v) is 5.48. The van der Waals surface area contributed by atoms with Crippen LogP contribution in [0.3, 0.4) is 0 Å². The molecule has 0 radical (unpaired) electrons. The van der Waals surface area contributed by atoms with Crippen LogP contribution in [-0.2, 0) is 19.6 Å². The SMILES string of the molecule is Cc1cccc(N2CCN(S(=O)(=O)CC(=O)Nc3cccc(N4CCCC4=O)c3)CC2)c1. The summed E-state index contributed by atoms with van der Waals surface area (Å²) in [6, 6.07) is 15.1. The van der Waals surface area contributed by atoms with E-state index in [0.29, 0.717) is 50.5 Å². The van der Waals surface area contributed by atoms with Crippen molar-refractivity contribution in [1.82, 2.24) is 4.31 Å². The number of hydrogen-bond donors (Lipinski definition) is 1. The van der Waals surface area contributed by atoms with E-state index in [-0.39, 0.29) is 5.91 Å². The second-order valence-corrected chi connectivity index (χ2v) is 10.2. The molecule has 2 aliphatic rings. The van der Waals surface area contributed by atoms with E-state index in [9.17, 15) is 18.0 Å². The van der Waals surface area contributed by atoms with Crippen LogP contribution < -0.4 is 15.1 Å². The number of piperazine rings is 1. The van der Waals surface area contributed by atoms with Crippen LogP contribution in [0.5, 0.6) is 0 Å². The molecule has 1 N–H and O–H groups in total. The molecular weight excluding hydrogens is 428 g/mol. The number of carbonyl (C=O) groups is 2. The van der Waals surface area contributed by atoms with Gasteiger partial charge in [0.15, 0.2) is 0 Å². The van der Waals surface area contributed by atoms with Gasteiger partial charge in [0.2, 0.25) is 21.8 Å². The highest BCUT2D eigenvalue weighted by Crippen LogP contribution is 2.24. The van der Waals surface area contributed by atoms with Crippen LogP contribution in [0.2, 0.25) is 0 Å². The first-order valence-corrected chi connectivity index (χ1v) is 12.4. The van der Waals surface area contributed by atoms with Crippen molar-refractivity contribution in [3.63, 3.8) is 0 Å². The molecule has 0 bridgehead atoms. The molecule has 2 aromatic rings. The highest BCUT2D eigenvalue weighted by molar-refractivity contribution is 7.89. The van der Waals surface area contributed by atoms with E-state index in [1.54, 1.807) is 23.1 Å². The standard InChI is InChI=1S/C23H28N4O4S/c1-18-5-2-7-20(15-18)25-11-13-26(14-12-25)32(30,31)17-22(28)24-19-6-3-8-21(16-19)27-10-4-9-23(27)29/h2-3,5-8,15-16H,4,9-14,17H2,1H3,(H,24,28). The topological polar surface area (TPSA) is 90.0 Å². The first-order valence-electron chi connectivity index (χ1n) is 10.8. The number of anilines is 3. The normalized spacial score (nSPS) is 17.6. The predicted octanol–water partition coefficient (Wildman–Crippen LogP) is 2.21. The number of carbonyl (C=O) groups excluding carboxylic acids is 2. The van der Waals surface area contributed by atoms with E-state index in [4.69, 9.17) is 0 Å². The summed E-state index contributed by atoms with van der Waals surface area (Å²) in [6.45, 7) is 4.53. The lowest BCUT2D eigenvalue weighted by Gasteiger charge is -2.35. The molecule has 8 nitrogen and oxygen atoms in total. The average Bonchev–Trinajstić information content (AvgIpc) is 3.19. The van der Waals surface area contributed by atoms with Crippen LogP contribution in [0.15, 0.2) is 48.5 Å². The molecule has 0 aliphatic carbocycles. The molecule has 2 aromatic carbocycles. The highest BCUT2D eigenvalue weighted by atomic mass is 32.2. The van der Waals surface area contributed by atoms with E-state index in [1.807, 2.05) is 31.2 Å². The number of rotatable bonds is 6. The average molecular weight is 457 g/mol. The second-order valence-electron chi connectivity index (χ2n) is 8.23. The Hall–Kier alpha value is -2.91. The fourth-order valence-electron chi connectivity index (χ4n) is 4.18. The van der Waals surface area contributed by atoms with Gasteiger partial charge in [0, 0.05) is 56.2 Å². The largest absolute Gasteiger partial charge is 0.369 e. The third-order valence-electron chi connectivity index (χ3n) is 5.83. The maximum absolute atomic E-state index is 12.8. The summed E-state index contributed by atoms with van der Waals surface area (Å²) in [4.78, 5) is 28.3. The van der Waals surface area contributed by atoms with Crippen molar-refractivity contribution in [2.45, 2.75) is 19.8 Å². The van der Waals surface area contributed by atoms with Gasteiger partial charge in [-0.05, 0) is 49.2 Å². The number of benzene rings is 2. The highest BCUT2D eigenvalue weighted by Gasteiger charge is 2.29. The van der Waals surface area contributed by atoms with Crippen molar-refractivity contribution in [3.8, 4) is 0 Å². The van der Waals surface area contributed by atoms with Crippen LogP contribution in [0, 0.1) is 6.92 Å². The van der Waals surface area contributed by atoms with E-state index < -0.39 is 21.7 Å². The smallest absolute Gasteiger partial charge is 0.241 e. The van der Waals surface area contributed by atoms with E-state index >= 15 is 0 Å². The molecule has 0 saturated carbocycles. The van der Waals surface area contributed by atoms with Crippen LogP contribution in [0.25, 0.3) is 0 Å². The summed E-state index contributed by atoms with van der Waals surface area (Å²) < 4.78 is 27.0. The van der Waals surface area contributed by atoms with Gasteiger partial charge in [-0.3, -0.25) is 9.59 Å². The first-order chi connectivity index (χ1) is 15.3. The minimum atomic E-state index is -3.72. The Kier molecular flexibility index (Phi) is 6.48. The summed E-state index contributed by atoms with van der Waals surface area (Å²) in [6.07, 6.45) is 1.33. The minimum absolute atomic E-state index is 0.0564. The summed E-state index contributed by atoms with van der Waals surface area (Å²) in [5.41, 5.74) is 3.43. The quantitative estimate of drug-likeness (QED) is 0.720. The fraction of sp³-hybridized carbons (Fsp3) is 0.391. The Morgan fingerprint density at radius 3 is 2.38 bits per heavy atom. The number of nitrogens with one attached hydrogen (secondary N) is 1. The molecule has 32 heavy (non-hydrogen) atoms. The molecule has 2 aliphatic heterocycles. The van der Waals surface area contributed by atoms with Crippen molar-refractivity contribution in [1.29, 1.82) is 0 Å². The Bertz CT molecular complexity index is 1110. The first kappa shape index (κ1) is 22.3. The van der Waals surface area contributed by atoms with Crippen molar-refractivity contribution in [3.05, 3.63) is 54.1 Å². The van der Waals surface area contributed by atoms with Crippen LogP contribution in [-0.4, -0.2) is 63.0 Å². The van der Waals surface area contributed by atoms with Gasteiger partial charge >= 0.3 is 0 Å². The molecule has 9 heteroatoms. The van der Waals surface area contributed by atoms with Crippen molar-refractivity contribution in [2.24, 2.45) is 0 Å². The van der Waals surface area contributed by atoms with Gasteiger partial charge in [0.05, 0.1) is 0 Å². The Balaban J connectivity index is 1.34. The summed E-state index contributed by atoms with van der Waals surface area (Å²) >= 11 is 0. The third kappa shape index (κ3) is 5.11. The van der Waals surface area contributed by atoms with Gasteiger partial charge in [0.25, 0.3) is 0 Å². The van der Waals surface area contributed by atoms with E-state index in [2.05, 4.69) is 16.3 Å². The minimum Gasteiger partial charge on any atom is -0.369 e. The number of amides is 2. The molecule has 2 amide bonds. The lowest BCUT2D eigenvalue weighted by molar-refractivity contribution is -0.117.